The molecule has 1 atom stereocenters. The van der Waals surface area contributed by atoms with E-state index in [1.165, 1.54) is 11.6 Å². The van der Waals surface area contributed by atoms with E-state index in [0.29, 0.717) is 11.6 Å². The molecule has 0 spiro atoms. The quantitative estimate of drug-likeness (QED) is 0.827. The van der Waals surface area contributed by atoms with Gasteiger partial charge < -0.3 is 5.32 Å². The van der Waals surface area contributed by atoms with Crippen molar-refractivity contribution in [1.82, 2.24) is 0 Å². The number of aryl methyl sites for hydroxylation is 1. The van der Waals surface area contributed by atoms with Crippen LogP contribution in [-0.4, -0.2) is 6.04 Å². The third-order valence-corrected chi connectivity index (χ3v) is 3.35. The Morgan fingerprint density at radius 1 is 1.11 bits per heavy atom. The second kappa shape index (κ2) is 6.37. The van der Waals surface area contributed by atoms with Gasteiger partial charge in [-0.2, -0.15) is 0 Å². The molecule has 0 aliphatic heterocycles. The fourth-order valence-corrected chi connectivity index (χ4v) is 2.17. The molecule has 1 unspecified atom stereocenters. The number of anilines is 1. The minimum Gasteiger partial charge on any atom is -0.382 e. The van der Waals surface area contributed by atoms with Gasteiger partial charge in [0.1, 0.15) is 5.82 Å². The number of hydrogen-bond acceptors (Lipinski definition) is 1. The summed E-state index contributed by atoms with van der Waals surface area (Å²) < 4.78 is 13.2. The van der Waals surface area contributed by atoms with Gasteiger partial charge in [0.25, 0.3) is 0 Å². The number of hydrogen-bond donors (Lipinski definition) is 1. The molecule has 0 heterocycles. The molecule has 1 N–H and O–H groups in total. The summed E-state index contributed by atoms with van der Waals surface area (Å²) in [7, 11) is 0. The zero-order valence-electron chi connectivity index (χ0n) is 11.5. The van der Waals surface area contributed by atoms with E-state index in [1.807, 2.05) is 12.1 Å². The molecule has 19 heavy (non-hydrogen) atoms. The largest absolute Gasteiger partial charge is 0.382 e. The lowest BCUT2D eigenvalue weighted by molar-refractivity contribution is 0.618. The summed E-state index contributed by atoms with van der Waals surface area (Å²) in [5.74, 6) is -0.151. The van der Waals surface area contributed by atoms with Crippen molar-refractivity contribution in [3.05, 3.63) is 65.5 Å². The molecule has 0 aliphatic carbocycles. The average molecular weight is 257 g/mol. The first-order valence-electron chi connectivity index (χ1n) is 6.75. The highest BCUT2D eigenvalue weighted by molar-refractivity contribution is 5.47. The van der Waals surface area contributed by atoms with Crippen molar-refractivity contribution in [2.24, 2.45) is 0 Å². The van der Waals surface area contributed by atoms with Gasteiger partial charge in [0.2, 0.25) is 0 Å². The molecule has 0 amide bonds. The van der Waals surface area contributed by atoms with E-state index in [9.17, 15) is 4.39 Å². The monoisotopic (exact) mass is 257 g/mol. The maximum atomic E-state index is 13.2. The van der Waals surface area contributed by atoms with E-state index < -0.39 is 0 Å². The van der Waals surface area contributed by atoms with Gasteiger partial charge in [-0.25, -0.2) is 4.39 Å². The van der Waals surface area contributed by atoms with Gasteiger partial charge >= 0.3 is 0 Å². The first-order chi connectivity index (χ1) is 9.19. The lowest BCUT2D eigenvalue weighted by Crippen LogP contribution is -2.21. The van der Waals surface area contributed by atoms with E-state index in [0.717, 1.165) is 18.5 Å². The number of halogens is 1. The van der Waals surface area contributed by atoms with Crippen molar-refractivity contribution in [3.8, 4) is 0 Å². The van der Waals surface area contributed by atoms with Crippen LogP contribution in [0.5, 0.6) is 0 Å². The van der Waals surface area contributed by atoms with Crippen molar-refractivity contribution < 1.29 is 4.39 Å². The molecule has 0 aliphatic rings. The van der Waals surface area contributed by atoms with E-state index in [1.54, 1.807) is 13.0 Å². The summed E-state index contributed by atoms with van der Waals surface area (Å²) >= 11 is 0. The molecule has 0 aromatic heterocycles. The van der Waals surface area contributed by atoms with Gasteiger partial charge in [-0.1, -0.05) is 37.3 Å². The predicted molar refractivity (Wildman–Crippen MR) is 79.0 cm³/mol. The molecule has 0 saturated heterocycles. The van der Waals surface area contributed by atoms with Crippen LogP contribution in [-0.2, 0) is 6.42 Å². The molecule has 2 rings (SSSR count). The average Bonchev–Trinajstić information content (AvgIpc) is 2.43. The zero-order valence-corrected chi connectivity index (χ0v) is 11.5. The van der Waals surface area contributed by atoms with Crippen LogP contribution in [0.25, 0.3) is 0 Å². The van der Waals surface area contributed by atoms with Gasteiger partial charge in [-0.05, 0) is 49.1 Å². The van der Waals surface area contributed by atoms with Crippen LogP contribution >= 0.6 is 0 Å². The summed E-state index contributed by atoms with van der Waals surface area (Å²) in [5.41, 5.74) is 2.99. The fourth-order valence-electron chi connectivity index (χ4n) is 2.17. The minimum absolute atomic E-state index is 0.151. The third kappa shape index (κ3) is 3.82. The van der Waals surface area contributed by atoms with Gasteiger partial charge in [-0.3, -0.25) is 0 Å². The Balaban J connectivity index is 2.04. The highest BCUT2D eigenvalue weighted by Gasteiger charge is 2.08. The SMILES string of the molecule is CCC(Cc1ccccc1)Nc1ccc(F)c(C)c1. The standard InChI is InChI=1S/C17H20FN/c1-3-15(12-14-7-5-4-6-8-14)19-16-9-10-17(18)13(2)11-16/h4-11,15,19H,3,12H2,1-2H3. The van der Waals surface area contributed by atoms with E-state index in [-0.39, 0.29) is 5.82 Å². The van der Waals surface area contributed by atoms with Crippen molar-refractivity contribution in [2.45, 2.75) is 32.7 Å². The van der Waals surface area contributed by atoms with Crippen molar-refractivity contribution in [2.75, 3.05) is 5.32 Å². The highest BCUT2D eigenvalue weighted by atomic mass is 19.1. The Morgan fingerprint density at radius 3 is 2.47 bits per heavy atom. The summed E-state index contributed by atoms with van der Waals surface area (Å²) in [5, 5.41) is 3.48. The first kappa shape index (κ1) is 13.6. The van der Waals surface area contributed by atoms with Gasteiger partial charge in [0.15, 0.2) is 0 Å². The van der Waals surface area contributed by atoms with Crippen LogP contribution in [0.2, 0.25) is 0 Å². The molecular weight excluding hydrogens is 237 g/mol. The minimum atomic E-state index is -0.151. The molecule has 0 saturated carbocycles. The first-order valence-corrected chi connectivity index (χ1v) is 6.75. The van der Waals surface area contributed by atoms with Gasteiger partial charge in [-0.15, -0.1) is 0 Å². The normalized spacial score (nSPS) is 12.2. The molecule has 100 valence electrons. The molecule has 0 radical (unpaired) electrons. The van der Waals surface area contributed by atoms with Crippen molar-refractivity contribution in [1.29, 1.82) is 0 Å². The third-order valence-electron chi connectivity index (χ3n) is 3.35. The lowest BCUT2D eigenvalue weighted by atomic mass is 10.0. The molecule has 2 heteroatoms. The Hall–Kier alpha value is -1.83. The molecule has 2 aromatic carbocycles. The highest BCUT2D eigenvalue weighted by Crippen LogP contribution is 2.17. The molecule has 0 fully saturated rings. The van der Waals surface area contributed by atoms with Gasteiger partial charge in [0.05, 0.1) is 0 Å². The summed E-state index contributed by atoms with van der Waals surface area (Å²) in [6.45, 7) is 3.95. The Labute approximate surface area is 114 Å². The molecule has 1 nitrogen and oxygen atoms in total. The van der Waals surface area contributed by atoms with E-state index in [2.05, 4.69) is 36.5 Å². The predicted octanol–water partition coefficient (Wildman–Crippen LogP) is 4.57. The molecular formula is C17H20FN. The fraction of sp³-hybridized carbons (Fsp3) is 0.294. The zero-order chi connectivity index (χ0) is 13.7. The summed E-state index contributed by atoms with van der Waals surface area (Å²) in [4.78, 5) is 0. The van der Waals surface area contributed by atoms with Crippen LogP contribution in [0.15, 0.2) is 48.5 Å². The molecule has 2 aromatic rings. The summed E-state index contributed by atoms with van der Waals surface area (Å²) in [6, 6.07) is 16.0. The van der Waals surface area contributed by atoms with Crippen molar-refractivity contribution >= 4 is 5.69 Å². The smallest absolute Gasteiger partial charge is 0.126 e. The summed E-state index contributed by atoms with van der Waals surface area (Å²) in [6.07, 6.45) is 2.01. The maximum Gasteiger partial charge on any atom is 0.126 e. The lowest BCUT2D eigenvalue weighted by Gasteiger charge is -2.19. The molecule has 0 bridgehead atoms. The van der Waals surface area contributed by atoms with E-state index >= 15 is 0 Å². The van der Waals surface area contributed by atoms with Crippen LogP contribution in [0, 0.1) is 12.7 Å². The van der Waals surface area contributed by atoms with E-state index in [4.69, 9.17) is 0 Å². The van der Waals surface area contributed by atoms with Crippen LogP contribution < -0.4 is 5.32 Å². The van der Waals surface area contributed by atoms with Crippen LogP contribution in [0.1, 0.15) is 24.5 Å². The second-order valence-corrected chi connectivity index (χ2v) is 4.90. The van der Waals surface area contributed by atoms with Crippen molar-refractivity contribution in [3.63, 3.8) is 0 Å². The Morgan fingerprint density at radius 2 is 1.84 bits per heavy atom. The topological polar surface area (TPSA) is 12.0 Å². The Kier molecular flexibility index (Phi) is 4.56. The number of nitrogens with one attached hydrogen (secondary N) is 1. The number of benzene rings is 2. The maximum absolute atomic E-state index is 13.2. The Bertz CT molecular complexity index is 522. The van der Waals surface area contributed by atoms with Gasteiger partial charge in [0, 0.05) is 11.7 Å². The number of rotatable bonds is 5. The second-order valence-electron chi connectivity index (χ2n) is 4.90. The van der Waals surface area contributed by atoms with Crippen LogP contribution in [0.4, 0.5) is 10.1 Å². The van der Waals surface area contributed by atoms with Crippen LogP contribution in [0.3, 0.4) is 0 Å².